The second kappa shape index (κ2) is 12.9. The quantitative estimate of drug-likeness (QED) is 0.0848. The van der Waals surface area contributed by atoms with E-state index in [9.17, 15) is 0 Å². The number of alkyl halides is 2. The van der Waals surface area contributed by atoms with Crippen molar-refractivity contribution in [3.63, 3.8) is 0 Å². The van der Waals surface area contributed by atoms with E-state index in [4.69, 9.17) is 0 Å². The van der Waals surface area contributed by atoms with Gasteiger partial charge in [0.05, 0.1) is 0 Å². The molecule has 0 aliphatic rings. The second-order valence-electron chi connectivity index (χ2n) is 11.4. The van der Waals surface area contributed by atoms with Crippen molar-refractivity contribution in [1.82, 2.24) is 0 Å². The zero-order valence-corrected chi connectivity index (χ0v) is 27.5. The van der Waals surface area contributed by atoms with Gasteiger partial charge in [-0.25, -0.2) is 9.13 Å². The molecule has 0 aliphatic heterocycles. The van der Waals surface area contributed by atoms with Crippen molar-refractivity contribution < 1.29 is 9.13 Å². The van der Waals surface area contributed by atoms with Gasteiger partial charge < -0.3 is 0 Å². The Morgan fingerprint density at radius 3 is 1.07 bits per heavy atom. The van der Waals surface area contributed by atoms with Crippen molar-refractivity contribution >= 4 is 53.4 Å². The third-order valence-electron chi connectivity index (χ3n) is 8.33. The maximum absolute atomic E-state index is 3.52. The van der Waals surface area contributed by atoms with Crippen LogP contribution in [0.4, 0.5) is 0 Å². The lowest BCUT2D eigenvalue weighted by Gasteiger charge is -2.08. The molecule has 2 aromatic heterocycles. The molecule has 0 amide bonds. The summed E-state index contributed by atoms with van der Waals surface area (Å²) in [6.45, 7) is 1.73. The molecule has 0 saturated carbocycles. The van der Waals surface area contributed by atoms with E-state index in [1.165, 1.54) is 66.1 Å². The maximum Gasteiger partial charge on any atom is 0.173 e. The average molecular weight is 701 g/mol. The fourth-order valence-electron chi connectivity index (χ4n) is 5.76. The van der Waals surface area contributed by atoms with Crippen LogP contribution in [0.15, 0.2) is 146 Å². The molecule has 44 heavy (non-hydrogen) atoms. The number of nitrogens with zero attached hydrogens (tertiary/aromatic N) is 2. The van der Waals surface area contributed by atoms with Crippen molar-refractivity contribution in [2.24, 2.45) is 0 Å². The number of halogens is 2. The first kappa shape index (κ1) is 28.6. The summed E-state index contributed by atoms with van der Waals surface area (Å²) in [7, 11) is 0. The zero-order valence-electron chi connectivity index (χ0n) is 24.3. The molecule has 0 radical (unpaired) electrons. The Hall–Kier alpha value is -4.12. The molecule has 0 unspecified atom stereocenters. The van der Waals surface area contributed by atoms with Crippen LogP contribution in [-0.2, 0) is 23.7 Å². The van der Waals surface area contributed by atoms with Gasteiger partial charge in [-0.3, -0.25) is 0 Å². The van der Waals surface area contributed by atoms with Crippen LogP contribution in [0.1, 0.15) is 22.3 Å². The summed E-state index contributed by atoms with van der Waals surface area (Å²) in [5, 5.41) is 6.81. The van der Waals surface area contributed by atoms with Crippen molar-refractivity contribution in [3.8, 4) is 22.3 Å². The van der Waals surface area contributed by atoms with Crippen LogP contribution in [-0.4, -0.2) is 0 Å². The highest BCUT2D eigenvalue weighted by atomic mass is 79.9. The van der Waals surface area contributed by atoms with Crippen molar-refractivity contribution in [2.45, 2.75) is 23.7 Å². The van der Waals surface area contributed by atoms with Crippen molar-refractivity contribution in [3.05, 3.63) is 168 Å². The third-order valence-corrected chi connectivity index (χ3v) is 9.62. The minimum absolute atomic E-state index is 0.865. The Balaban J connectivity index is 1.08. The van der Waals surface area contributed by atoms with Gasteiger partial charge in [-0.05, 0) is 79.2 Å². The number of aromatic nitrogens is 2. The highest BCUT2D eigenvalue weighted by molar-refractivity contribution is 9.08. The molecule has 0 aliphatic carbocycles. The molecule has 0 saturated heterocycles. The van der Waals surface area contributed by atoms with Gasteiger partial charge in [0.2, 0.25) is 0 Å². The normalized spacial score (nSPS) is 11.3. The summed E-state index contributed by atoms with van der Waals surface area (Å²) in [4.78, 5) is 0. The molecule has 7 aromatic rings. The van der Waals surface area contributed by atoms with Crippen LogP contribution in [0.25, 0.3) is 43.8 Å². The number of hydrogen-bond donors (Lipinski definition) is 0. The summed E-state index contributed by atoms with van der Waals surface area (Å²) < 4.78 is 4.46. The van der Waals surface area contributed by atoms with E-state index in [2.05, 4.69) is 187 Å². The molecule has 2 heterocycles. The first-order chi connectivity index (χ1) is 21.6. The van der Waals surface area contributed by atoms with Crippen LogP contribution in [0.3, 0.4) is 0 Å². The summed E-state index contributed by atoms with van der Waals surface area (Å²) in [6.07, 6.45) is 8.69. The van der Waals surface area contributed by atoms with Gasteiger partial charge in [-0.2, -0.15) is 0 Å². The molecule has 2 nitrogen and oxygen atoms in total. The smallest absolute Gasteiger partial charge is 0.173 e. The van der Waals surface area contributed by atoms with Crippen LogP contribution >= 0.6 is 31.9 Å². The van der Waals surface area contributed by atoms with Gasteiger partial charge in [-0.15, -0.1) is 0 Å². The minimum Gasteiger partial charge on any atom is -0.201 e. The summed E-state index contributed by atoms with van der Waals surface area (Å²) in [5.74, 6) is 0. The van der Waals surface area contributed by atoms with Crippen LogP contribution in [0.5, 0.6) is 0 Å². The molecule has 214 valence electrons. The average Bonchev–Trinajstić information content (AvgIpc) is 3.08. The molecular formula is C40H32Br2N2+2. The SMILES string of the molecule is BrCc1ccc(C[n+]2ccc(-c3ccc4cc5cc(-c6cc[n+](Cc7ccc(CBr)cc7)cc6)ccc5cc4c3)cc2)cc1. The molecule has 0 fully saturated rings. The molecular weight excluding hydrogens is 668 g/mol. The van der Waals surface area contributed by atoms with Crippen LogP contribution in [0.2, 0.25) is 0 Å². The van der Waals surface area contributed by atoms with Gasteiger partial charge >= 0.3 is 0 Å². The molecule has 0 N–H and O–H groups in total. The van der Waals surface area contributed by atoms with E-state index in [1.807, 2.05) is 0 Å². The Kier molecular flexibility index (Phi) is 8.37. The van der Waals surface area contributed by atoms with Crippen LogP contribution < -0.4 is 9.13 Å². The van der Waals surface area contributed by atoms with Gasteiger partial charge in [-0.1, -0.05) is 105 Å². The number of rotatable bonds is 8. The third kappa shape index (κ3) is 6.38. The highest BCUT2D eigenvalue weighted by Gasteiger charge is 2.09. The van der Waals surface area contributed by atoms with E-state index in [1.54, 1.807) is 0 Å². The fourth-order valence-corrected chi connectivity index (χ4v) is 6.50. The minimum atomic E-state index is 0.865. The first-order valence-electron chi connectivity index (χ1n) is 14.9. The van der Waals surface area contributed by atoms with Crippen LogP contribution in [0, 0.1) is 0 Å². The van der Waals surface area contributed by atoms with Gasteiger partial charge in [0, 0.05) is 46.1 Å². The second-order valence-corrected chi connectivity index (χ2v) is 12.5. The molecule has 7 rings (SSSR count). The highest BCUT2D eigenvalue weighted by Crippen LogP contribution is 2.30. The topological polar surface area (TPSA) is 7.76 Å². The van der Waals surface area contributed by atoms with Gasteiger partial charge in [0.1, 0.15) is 0 Å². The van der Waals surface area contributed by atoms with E-state index in [0.29, 0.717) is 0 Å². The van der Waals surface area contributed by atoms with E-state index >= 15 is 0 Å². The summed E-state index contributed by atoms with van der Waals surface area (Å²) in [5.41, 5.74) is 10.1. The number of benzene rings is 5. The van der Waals surface area contributed by atoms with Gasteiger partial charge in [0.25, 0.3) is 0 Å². The fraction of sp³-hybridized carbons (Fsp3) is 0.100. The predicted octanol–water partition coefficient (Wildman–Crippen LogP) is 9.79. The lowest BCUT2D eigenvalue weighted by Crippen LogP contribution is -2.32. The van der Waals surface area contributed by atoms with Gasteiger partial charge in [0.15, 0.2) is 37.9 Å². The zero-order chi connectivity index (χ0) is 29.9. The van der Waals surface area contributed by atoms with Crippen molar-refractivity contribution in [1.29, 1.82) is 0 Å². The lowest BCUT2D eigenvalue weighted by molar-refractivity contribution is -0.688. The number of fused-ring (bicyclic) bond motifs is 2. The van der Waals surface area contributed by atoms with E-state index < -0.39 is 0 Å². The molecule has 0 atom stereocenters. The first-order valence-corrected chi connectivity index (χ1v) is 17.1. The van der Waals surface area contributed by atoms with E-state index in [-0.39, 0.29) is 0 Å². The Labute approximate surface area is 275 Å². The summed E-state index contributed by atoms with van der Waals surface area (Å²) >= 11 is 7.05. The maximum atomic E-state index is 3.52. The number of pyridine rings is 2. The standard InChI is InChI=1S/C40H32Br2N2/c41-25-29-1-5-31(6-2-29)27-43-17-13-33(14-18-43)35-9-11-37-24-40-22-36(10-12-38(40)23-39(37)21-35)34-15-19-44(20-16-34)28-32-7-3-30(26-42)4-8-32/h1-24H,25-28H2/q+2. The molecule has 0 bridgehead atoms. The Morgan fingerprint density at radius 2 is 0.705 bits per heavy atom. The van der Waals surface area contributed by atoms with Crippen molar-refractivity contribution in [2.75, 3.05) is 0 Å². The predicted molar refractivity (Wildman–Crippen MR) is 189 cm³/mol. The van der Waals surface area contributed by atoms with E-state index in [0.717, 1.165) is 23.7 Å². The number of hydrogen-bond acceptors (Lipinski definition) is 0. The lowest BCUT2D eigenvalue weighted by atomic mass is 9.97. The monoisotopic (exact) mass is 698 g/mol. The summed E-state index contributed by atoms with van der Waals surface area (Å²) in [6, 6.07) is 44.6. The Bertz CT molecular complexity index is 1900. The largest absolute Gasteiger partial charge is 0.201 e. The molecule has 5 aromatic carbocycles. The molecule has 4 heteroatoms. The molecule has 0 spiro atoms. The Morgan fingerprint density at radius 1 is 0.341 bits per heavy atom.